The van der Waals surface area contributed by atoms with Crippen molar-refractivity contribution < 1.29 is 22.4 Å². The maximum absolute atomic E-state index is 14.4. The summed E-state index contributed by atoms with van der Waals surface area (Å²) in [6.07, 6.45) is -2.71. The third-order valence-corrected chi connectivity index (χ3v) is 5.05. The summed E-state index contributed by atoms with van der Waals surface area (Å²) >= 11 is 0. The van der Waals surface area contributed by atoms with E-state index in [1.807, 2.05) is 37.1 Å². The fourth-order valence-electron chi connectivity index (χ4n) is 3.38. The number of halogens is 4. The van der Waals surface area contributed by atoms with Gasteiger partial charge in [0.05, 0.1) is 11.1 Å². The molecular formula is C21H25F4N3O. The van der Waals surface area contributed by atoms with E-state index in [2.05, 4.69) is 4.99 Å². The van der Waals surface area contributed by atoms with Crippen LogP contribution in [0.2, 0.25) is 0 Å². The molecule has 1 aromatic heterocycles. The molecule has 158 valence electrons. The van der Waals surface area contributed by atoms with Crippen molar-refractivity contribution in [3.05, 3.63) is 52.4 Å². The zero-order valence-corrected chi connectivity index (χ0v) is 17.0. The van der Waals surface area contributed by atoms with Crippen LogP contribution in [0.1, 0.15) is 62.2 Å². The Morgan fingerprint density at radius 3 is 2.34 bits per heavy atom. The molecule has 1 aliphatic carbocycles. The Bertz CT molecular complexity index is 989. The predicted octanol–water partition coefficient (Wildman–Crippen LogP) is 4.92. The summed E-state index contributed by atoms with van der Waals surface area (Å²) < 4.78 is 57.2. The van der Waals surface area contributed by atoms with Crippen molar-refractivity contribution in [1.82, 2.24) is 9.36 Å². The molecule has 4 nitrogen and oxygen atoms in total. The van der Waals surface area contributed by atoms with E-state index >= 15 is 0 Å². The average molecular weight is 411 g/mol. The van der Waals surface area contributed by atoms with Gasteiger partial charge < -0.3 is 0 Å². The van der Waals surface area contributed by atoms with Crippen molar-refractivity contribution in [3.63, 3.8) is 0 Å². The maximum Gasteiger partial charge on any atom is 0.419 e. The van der Waals surface area contributed by atoms with E-state index in [1.165, 1.54) is 0 Å². The number of aromatic nitrogens is 2. The van der Waals surface area contributed by atoms with Crippen molar-refractivity contribution in [1.29, 1.82) is 0 Å². The zero-order valence-electron chi connectivity index (χ0n) is 17.0. The Balaban J connectivity index is 2.13. The molecule has 0 saturated heterocycles. The summed E-state index contributed by atoms with van der Waals surface area (Å²) in [5, 5.41) is 0. The van der Waals surface area contributed by atoms with Gasteiger partial charge in [0.1, 0.15) is 5.82 Å². The lowest BCUT2D eigenvalue weighted by Gasteiger charge is -2.22. The van der Waals surface area contributed by atoms with Crippen LogP contribution >= 0.6 is 0 Å². The zero-order chi connectivity index (χ0) is 21.6. The van der Waals surface area contributed by atoms with Gasteiger partial charge >= 0.3 is 6.18 Å². The number of hydrogen-bond acceptors (Lipinski definition) is 1. The molecule has 0 radical (unpaired) electrons. The first-order valence-corrected chi connectivity index (χ1v) is 9.69. The monoisotopic (exact) mass is 411 g/mol. The molecule has 1 heterocycles. The first kappa shape index (κ1) is 21.3. The fraction of sp³-hybridized carbons (Fsp3) is 0.524. The molecule has 1 fully saturated rings. The lowest BCUT2D eigenvalue weighted by atomic mass is 9.92. The molecule has 0 aliphatic heterocycles. The van der Waals surface area contributed by atoms with Gasteiger partial charge in [0.15, 0.2) is 5.49 Å². The molecule has 1 aromatic carbocycles. The fourth-order valence-corrected chi connectivity index (χ4v) is 3.38. The van der Waals surface area contributed by atoms with Crippen molar-refractivity contribution >= 4 is 5.91 Å². The van der Waals surface area contributed by atoms with Crippen LogP contribution in [0.15, 0.2) is 29.3 Å². The van der Waals surface area contributed by atoms with Crippen molar-refractivity contribution in [3.8, 4) is 0 Å². The van der Waals surface area contributed by atoms with Gasteiger partial charge in [0, 0.05) is 30.3 Å². The molecule has 1 saturated carbocycles. The molecule has 3 rings (SSSR count). The van der Waals surface area contributed by atoms with Gasteiger partial charge in [-0.1, -0.05) is 26.8 Å². The summed E-state index contributed by atoms with van der Waals surface area (Å²) in [5.74, 6) is -2.12. The van der Waals surface area contributed by atoms with Crippen LogP contribution < -0.4 is 5.49 Å². The number of nitrogens with zero attached hydrogens (tertiary/aromatic N) is 3. The van der Waals surface area contributed by atoms with Crippen molar-refractivity contribution in [2.45, 2.75) is 65.2 Å². The van der Waals surface area contributed by atoms with Gasteiger partial charge in [0.25, 0.3) is 5.91 Å². The van der Waals surface area contributed by atoms with Gasteiger partial charge in [-0.2, -0.15) is 18.2 Å². The first-order valence-electron chi connectivity index (χ1n) is 9.69. The Morgan fingerprint density at radius 2 is 1.83 bits per heavy atom. The third kappa shape index (κ3) is 4.46. The van der Waals surface area contributed by atoms with Crippen LogP contribution in [0.4, 0.5) is 17.6 Å². The first-order chi connectivity index (χ1) is 13.4. The van der Waals surface area contributed by atoms with Gasteiger partial charge in [0.2, 0.25) is 0 Å². The molecule has 0 unspecified atom stereocenters. The molecule has 8 heteroatoms. The van der Waals surface area contributed by atoms with E-state index in [0.29, 0.717) is 30.6 Å². The molecule has 2 aromatic rings. The third-order valence-electron chi connectivity index (χ3n) is 5.05. The Hall–Kier alpha value is -2.38. The van der Waals surface area contributed by atoms with Crippen molar-refractivity contribution in [2.75, 3.05) is 0 Å². The lowest BCUT2D eigenvalue weighted by molar-refractivity contribution is -0.140. The molecule has 1 aliphatic rings. The minimum atomic E-state index is -4.88. The second-order valence-electron chi connectivity index (χ2n) is 8.46. The molecule has 29 heavy (non-hydrogen) atoms. The largest absolute Gasteiger partial charge is 0.419 e. The Labute approximate surface area is 166 Å². The van der Waals surface area contributed by atoms with Crippen molar-refractivity contribution in [2.24, 2.45) is 10.9 Å². The normalized spacial score (nSPS) is 15.8. The van der Waals surface area contributed by atoms with Gasteiger partial charge in [-0.15, -0.1) is 0 Å². The summed E-state index contributed by atoms with van der Waals surface area (Å²) in [6.45, 7) is 9.41. The number of carbonyl (C=O) groups is 1. The minimum absolute atomic E-state index is 0.223. The molecular weight excluding hydrogens is 386 g/mol. The van der Waals surface area contributed by atoms with Crippen LogP contribution in [0.25, 0.3) is 0 Å². The van der Waals surface area contributed by atoms with E-state index in [0.717, 1.165) is 30.7 Å². The average Bonchev–Trinajstić information content (AvgIpc) is 3.35. The van der Waals surface area contributed by atoms with E-state index in [1.54, 1.807) is 6.07 Å². The lowest BCUT2D eigenvalue weighted by Crippen LogP contribution is -2.27. The van der Waals surface area contributed by atoms with Gasteiger partial charge in [-0.05, 0) is 37.8 Å². The van der Waals surface area contributed by atoms with E-state index < -0.39 is 29.0 Å². The van der Waals surface area contributed by atoms with Crippen LogP contribution in [0.5, 0.6) is 0 Å². The molecule has 0 atom stereocenters. The van der Waals surface area contributed by atoms with Gasteiger partial charge in [-0.25, -0.2) is 4.39 Å². The molecule has 0 spiro atoms. The summed E-state index contributed by atoms with van der Waals surface area (Å²) in [4.78, 5) is 16.7. The quantitative estimate of drug-likeness (QED) is 0.659. The number of amides is 1. The summed E-state index contributed by atoms with van der Waals surface area (Å²) in [7, 11) is 0. The number of hydrogen-bond donors (Lipinski definition) is 0. The minimum Gasteiger partial charge on any atom is -0.288 e. The van der Waals surface area contributed by atoms with Gasteiger partial charge in [-0.3, -0.25) is 14.2 Å². The highest BCUT2D eigenvalue weighted by atomic mass is 19.4. The SMILES string of the molecule is CCn1c(C(C)(C)C)c/c(=N\C(=O)c2cccc(C(F)(F)F)c2F)n1CC1CC1. The number of rotatable bonds is 4. The number of benzene rings is 1. The standard InChI is InChI=1S/C21H25F4N3O/c1-5-27-16(20(2,3)4)11-17(28(27)12-13-9-10-13)26-19(29)14-7-6-8-15(18(14)22)21(23,24)25/h6-8,11,13H,5,9-10,12H2,1-4H3/b26-17+. The van der Waals surface area contributed by atoms with E-state index in [4.69, 9.17) is 0 Å². The Morgan fingerprint density at radius 1 is 1.17 bits per heavy atom. The smallest absolute Gasteiger partial charge is 0.288 e. The molecule has 1 amide bonds. The highest BCUT2D eigenvalue weighted by Crippen LogP contribution is 2.33. The molecule has 0 N–H and O–H groups in total. The number of carbonyl (C=O) groups excluding carboxylic acids is 1. The summed E-state index contributed by atoms with van der Waals surface area (Å²) in [6, 6.07) is 4.44. The van der Waals surface area contributed by atoms with E-state index in [-0.39, 0.29) is 5.41 Å². The number of alkyl halides is 3. The van der Waals surface area contributed by atoms with Crippen LogP contribution in [-0.2, 0) is 24.7 Å². The molecule has 0 bridgehead atoms. The maximum atomic E-state index is 14.4. The Kier molecular flexibility index (Phi) is 5.49. The van der Waals surface area contributed by atoms with Crippen LogP contribution in [0, 0.1) is 11.7 Å². The van der Waals surface area contributed by atoms with E-state index in [9.17, 15) is 22.4 Å². The second-order valence-corrected chi connectivity index (χ2v) is 8.46. The topological polar surface area (TPSA) is 39.3 Å². The highest BCUT2D eigenvalue weighted by Gasteiger charge is 2.35. The summed E-state index contributed by atoms with van der Waals surface area (Å²) in [5.41, 5.74) is -1.08. The highest BCUT2D eigenvalue weighted by molar-refractivity contribution is 5.95. The second kappa shape index (κ2) is 7.46. The van der Waals surface area contributed by atoms with Crippen LogP contribution in [-0.4, -0.2) is 15.3 Å². The predicted molar refractivity (Wildman–Crippen MR) is 101 cm³/mol. The van der Waals surface area contributed by atoms with Crippen LogP contribution in [0.3, 0.4) is 0 Å².